The highest BCUT2D eigenvalue weighted by Gasteiger charge is 2.31. The van der Waals surface area contributed by atoms with Crippen molar-refractivity contribution in [3.63, 3.8) is 0 Å². The second-order valence-corrected chi connectivity index (χ2v) is 8.45. The molecule has 1 fully saturated rings. The summed E-state index contributed by atoms with van der Waals surface area (Å²) in [4.78, 5) is 28.7. The summed E-state index contributed by atoms with van der Waals surface area (Å²) in [6.45, 7) is 6.80. The number of nitrogens with zero attached hydrogens (tertiary/aromatic N) is 4. The molecular weight excluding hydrogens is 404 g/mol. The van der Waals surface area contributed by atoms with Crippen LogP contribution < -0.4 is 15.5 Å². The van der Waals surface area contributed by atoms with Gasteiger partial charge < -0.3 is 20.3 Å². The normalized spacial score (nSPS) is 19.2. The first-order valence-corrected chi connectivity index (χ1v) is 11.3. The van der Waals surface area contributed by atoms with Crippen LogP contribution in [-0.4, -0.2) is 61.0 Å². The molecule has 4 rings (SSSR count). The molecule has 3 heterocycles. The molecule has 2 aliphatic rings. The molecule has 2 aliphatic heterocycles. The molecule has 8 nitrogen and oxygen atoms in total. The number of aliphatic imine (C=N–C) groups is 1. The Hall–Kier alpha value is -2.84. The van der Waals surface area contributed by atoms with Crippen LogP contribution in [0.3, 0.4) is 0 Å². The molecule has 8 heteroatoms. The summed E-state index contributed by atoms with van der Waals surface area (Å²) >= 11 is 0. The average molecular weight is 437 g/mol. The van der Waals surface area contributed by atoms with Crippen molar-refractivity contribution in [2.75, 3.05) is 38.3 Å². The van der Waals surface area contributed by atoms with Crippen molar-refractivity contribution in [1.29, 1.82) is 0 Å². The predicted octanol–water partition coefficient (Wildman–Crippen LogP) is 3.02. The molecule has 32 heavy (non-hydrogen) atoms. The van der Waals surface area contributed by atoms with Crippen LogP contribution in [0.1, 0.15) is 43.4 Å². The van der Waals surface area contributed by atoms with E-state index in [-0.39, 0.29) is 11.9 Å². The number of nitrogens with one attached hydrogen (secondary N) is 2. The second kappa shape index (κ2) is 10.2. The average Bonchev–Trinajstić information content (AvgIpc) is 3.18. The maximum absolute atomic E-state index is 12.8. The molecule has 1 atom stereocenters. The van der Waals surface area contributed by atoms with Gasteiger partial charge in [-0.1, -0.05) is 18.2 Å². The van der Waals surface area contributed by atoms with E-state index < -0.39 is 0 Å². The Kier molecular flexibility index (Phi) is 7.12. The van der Waals surface area contributed by atoms with Gasteiger partial charge in [0.15, 0.2) is 5.82 Å². The van der Waals surface area contributed by atoms with Crippen molar-refractivity contribution >= 4 is 28.8 Å². The smallest absolute Gasteiger partial charge is 0.265 e. The third-order valence-corrected chi connectivity index (χ3v) is 6.22. The number of hydrogen-bond donors (Lipinski definition) is 2. The summed E-state index contributed by atoms with van der Waals surface area (Å²) in [6.07, 6.45) is 4.27. The minimum Gasteiger partial charge on any atom is -0.381 e. The third kappa shape index (κ3) is 4.81. The van der Waals surface area contributed by atoms with Gasteiger partial charge in [0, 0.05) is 37.4 Å². The standard InChI is InChI=1S/C24H32N6O2/c1-16-22(28-17(2)24(31)29-19-9-12-32-13-10-19)23(27-15-26-16)30-14-18(8-11-25-3)20-6-4-5-7-21(20)30/h4-7,15,18-19,25H,8-14H2,1-3H3,(H,29,31)/b28-17+. The number of amides is 1. The Morgan fingerprint density at radius 2 is 2.03 bits per heavy atom. The van der Waals surface area contributed by atoms with Gasteiger partial charge in [-0.25, -0.2) is 15.0 Å². The van der Waals surface area contributed by atoms with Crippen LogP contribution >= 0.6 is 0 Å². The van der Waals surface area contributed by atoms with Crippen LogP contribution in [0.15, 0.2) is 35.6 Å². The minimum atomic E-state index is -0.153. The highest BCUT2D eigenvalue weighted by Crippen LogP contribution is 2.44. The van der Waals surface area contributed by atoms with Crippen LogP contribution in [0.2, 0.25) is 0 Å². The van der Waals surface area contributed by atoms with E-state index in [0.717, 1.165) is 49.6 Å². The zero-order valence-corrected chi connectivity index (χ0v) is 19.1. The molecule has 0 radical (unpaired) electrons. The molecule has 0 bridgehead atoms. The van der Waals surface area contributed by atoms with E-state index in [1.54, 1.807) is 13.3 Å². The number of aryl methyl sites for hydroxylation is 1. The number of rotatable bonds is 7. The summed E-state index contributed by atoms with van der Waals surface area (Å²) in [7, 11) is 1.98. The fraction of sp³-hybridized carbons (Fsp3) is 0.500. The Labute approximate surface area is 189 Å². The number of para-hydroxylation sites is 1. The van der Waals surface area contributed by atoms with Crippen molar-refractivity contribution in [3.05, 3.63) is 41.9 Å². The molecule has 1 saturated heterocycles. The number of anilines is 2. The molecule has 1 aromatic carbocycles. The number of carbonyl (C=O) groups is 1. The summed E-state index contributed by atoms with van der Waals surface area (Å²) in [5.41, 5.74) is 4.28. The van der Waals surface area contributed by atoms with Crippen LogP contribution in [0.4, 0.5) is 17.2 Å². The van der Waals surface area contributed by atoms with E-state index in [9.17, 15) is 4.79 Å². The van der Waals surface area contributed by atoms with E-state index in [4.69, 9.17) is 9.73 Å². The molecule has 2 aromatic rings. The summed E-state index contributed by atoms with van der Waals surface area (Å²) in [5, 5.41) is 6.34. The van der Waals surface area contributed by atoms with Gasteiger partial charge in [-0.3, -0.25) is 4.79 Å². The van der Waals surface area contributed by atoms with Gasteiger partial charge >= 0.3 is 0 Å². The Balaban J connectivity index is 1.62. The van der Waals surface area contributed by atoms with Crippen molar-refractivity contribution in [2.24, 2.45) is 4.99 Å². The first-order chi connectivity index (χ1) is 15.6. The van der Waals surface area contributed by atoms with Gasteiger partial charge in [0.2, 0.25) is 0 Å². The zero-order valence-electron chi connectivity index (χ0n) is 19.1. The number of fused-ring (bicyclic) bond motifs is 1. The fourth-order valence-corrected chi connectivity index (χ4v) is 4.39. The van der Waals surface area contributed by atoms with Gasteiger partial charge in [0.1, 0.15) is 17.7 Å². The highest BCUT2D eigenvalue weighted by atomic mass is 16.5. The summed E-state index contributed by atoms with van der Waals surface area (Å²) < 4.78 is 5.38. The third-order valence-electron chi connectivity index (χ3n) is 6.22. The molecule has 0 aliphatic carbocycles. The number of carbonyl (C=O) groups excluding carboxylic acids is 1. The van der Waals surface area contributed by atoms with Gasteiger partial charge in [-0.15, -0.1) is 0 Å². The Morgan fingerprint density at radius 3 is 2.81 bits per heavy atom. The molecule has 0 spiro atoms. The first-order valence-electron chi connectivity index (χ1n) is 11.3. The largest absolute Gasteiger partial charge is 0.381 e. The van der Waals surface area contributed by atoms with Gasteiger partial charge in [-0.2, -0.15) is 0 Å². The van der Waals surface area contributed by atoms with E-state index >= 15 is 0 Å². The predicted molar refractivity (Wildman–Crippen MR) is 126 cm³/mol. The number of ether oxygens (including phenoxy) is 1. The minimum absolute atomic E-state index is 0.132. The lowest BCUT2D eigenvalue weighted by Gasteiger charge is -2.23. The highest BCUT2D eigenvalue weighted by molar-refractivity contribution is 6.38. The fourth-order valence-electron chi connectivity index (χ4n) is 4.39. The van der Waals surface area contributed by atoms with Crippen LogP contribution in [0.25, 0.3) is 0 Å². The second-order valence-electron chi connectivity index (χ2n) is 8.45. The SMILES string of the molecule is CNCCC1CN(c2ncnc(C)c2/N=C(\C)C(=O)NC2CCOCC2)c2ccccc21. The number of aromatic nitrogens is 2. The topological polar surface area (TPSA) is 91.7 Å². The maximum Gasteiger partial charge on any atom is 0.265 e. The lowest BCUT2D eigenvalue weighted by Crippen LogP contribution is -2.41. The van der Waals surface area contributed by atoms with Gasteiger partial charge in [0.05, 0.1) is 5.69 Å². The van der Waals surface area contributed by atoms with E-state index in [0.29, 0.717) is 30.5 Å². The quantitative estimate of drug-likeness (QED) is 0.649. The van der Waals surface area contributed by atoms with Crippen molar-refractivity contribution < 1.29 is 9.53 Å². The number of benzene rings is 1. The monoisotopic (exact) mass is 436 g/mol. The molecule has 1 aromatic heterocycles. The van der Waals surface area contributed by atoms with E-state index in [1.165, 1.54) is 5.56 Å². The molecule has 1 unspecified atom stereocenters. The van der Waals surface area contributed by atoms with Gasteiger partial charge in [-0.05, 0) is 58.3 Å². The Bertz CT molecular complexity index is 986. The van der Waals surface area contributed by atoms with Gasteiger partial charge in [0.25, 0.3) is 5.91 Å². The molecule has 170 valence electrons. The molecule has 1 amide bonds. The lowest BCUT2D eigenvalue weighted by atomic mass is 9.98. The first kappa shape index (κ1) is 22.4. The number of hydrogen-bond acceptors (Lipinski definition) is 7. The summed E-state index contributed by atoms with van der Waals surface area (Å²) in [5.74, 6) is 0.999. The maximum atomic E-state index is 12.8. The van der Waals surface area contributed by atoms with Crippen LogP contribution in [-0.2, 0) is 9.53 Å². The molecular formula is C24H32N6O2. The summed E-state index contributed by atoms with van der Waals surface area (Å²) in [6, 6.07) is 8.59. The van der Waals surface area contributed by atoms with Crippen molar-refractivity contribution in [1.82, 2.24) is 20.6 Å². The molecule has 2 N–H and O–H groups in total. The van der Waals surface area contributed by atoms with E-state index in [2.05, 4.69) is 49.8 Å². The lowest BCUT2D eigenvalue weighted by molar-refractivity contribution is -0.116. The Morgan fingerprint density at radius 1 is 1.25 bits per heavy atom. The van der Waals surface area contributed by atoms with Crippen LogP contribution in [0.5, 0.6) is 0 Å². The van der Waals surface area contributed by atoms with Crippen molar-refractivity contribution in [2.45, 2.75) is 45.1 Å². The zero-order chi connectivity index (χ0) is 22.5. The van der Waals surface area contributed by atoms with E-state index in [1.807, 2.05) is 14.0 Å². The molecule has 0 saturated carbocycles. The van der Waals surface area contributed by atoms with Crippen LogP contribution in [0, 0.1) is 6.92 Å². The van der Waals surface area contributed by atoms with Crippen molar-refractivity contribution in [3.8, 4) is 0 Å².